The van der Waals surface area contributed by atoms with Crippen molar-refractivity contribution in [1.82, 2.24) is 9.80 Å². The van der Waals surface area contributed by atoms with E-state index in [4.69, 9.17) is 9.47 Å². The van der Waals surface area contributed by atoms with Crippen molar-refractivity contribution in [3.05, 3.63) is 23.8 Å². The quantitative estimate of drug-likeness (QED) is 0.859. The molecule has 0 aromatic heterocycles. The molecule has 2 saturated heterocycles. The number of likely N-dealkylation sites (tertiary alicyclic amines) is 2. The Morgan fingerprint density at radius 1 is 1.13 bits per heavy atom. The fraction of sp³-hybridized carbons (Fsp3) is 0.611. The standard InChI is InChI=1S/C18H24N2O3/c1-2-19-9-3-5-14(19)15-6-4-10-20(15)18(21)13-7-8-16-17(11-13)23-12-22-16/h7-8,11,14-15H,2-6,9-10,12H2,1H3/t14-,15+/m0/s1. The number of hydrogen-bond acceptors (Lipinski definition) is 4. The molecule has 0 bridgehead atoms. The van der Waals surface area contributed by atoms with Gasteiger partial charge < -0.3 is 14.4 Å². The lowest BCUT2D eigenvalue weighted by molar-refractivity contribution is 0.0649. The van der Waals surface area contributed by atoms with Gasteiger partial charge in [0, 0.05) is 24.2 Å². The molecule has 1 aromatic rings. The van der Waals surface area contributed by atoms with Crippen molar-refractivity contribution in [2.45, 2.75) is 44.7 Å². The van der Waals surface area contributed by atoms with Gasteiger partial charge in [-0.2, -0.15) is 0 Å². The van der Waals surface area contributed by atoms with E-state index in [0.29, 0.717) is 23.4 Å². The van der Waals surface area contributed by atoms with E-state index in [2.05, 4.69) is 16.7 Å². The first-order chi connectivity index (χ1) is 11.3. The van der Waals surface area contributed by atoms with Crippen LogP contribution in [0.5, 0.6) is 11.5 Å². The Hall–Kier alpha value is -1.75. The summed E-state index contributed by atoms with van der Waals surface area (Å²) in [5.74, 6) is 1.55. The Balaban J connectivity index is 1.55. The number of nitrogens with zero attached hydrogens (tertiary/aromatic N) is 2. The molecule has 1 amide bonds. The summed E-state index contributed by atoms with van der Waals surface area (Å²) in [6.45, 7) is 5.58. The number of likely N-dealkylation sites (N-methyl/N-ethyl adjacent to an activating group) is 1. The van der Waals surface area contributed by atoms with Crippen LogP contribution < -0.4 is 9.47 Å². The molecule has 4 rings (SSSR count). The van der Waals surface area contributed by atoms with Gasteiger partial charge in [0.1, 0.15) is 0 Å². The van der Waals surface area contributed by atoms with Gasteiger partial charge in [-0.05, 0) is 57.0 Å². The van der Waals surface area contributed by atoms with E-state index in [1.165, 1.54) is 19.4 Å². The Bertz CT molecular complexity index is 604. The maximum atomic E-state index is 13.0. The summed E-state index contributed by atoms with van der Waals surface area (Å²) < 4.78 is 10.7. The van der Waals surface area contributed by atoms with Crippen LogP contribution in [0.3, 0.4) is 0 Å². The van der Waals surface area contributed by atoms with Gasteiger partial charge in [0.15, 0.2) is 11.5 Å². The van der Waals surface area contributed by atoms with Crippen molar-refractivity contribution in [3.8, 4) is 11.5 Å². The lowest BCUT2D eigenvalue weighted by Crippen LogP contribution is -2.48. The summed E-state index contributed by atoms with van der Waals surface area (Å²) in [5, 5.41) is 0. The summed E-state index contributed by atoms with van der Waals surface area (Å²) in [5.41, 5.74) is 0.710. The average Bonchev–Trinajstić information content (AvgIpc) is 3.30. The third-order valence-electron chi connectivity index (χ3n) is 5.44. The number of fused-ring (bicyclic) bond motifs is 1. The Morgan fingerprint density at radius 3 is 2.78 bits per heavy atom. The number of carbonyl (C=O) groups excluding carboxylic acids is 1. The molecule has 23 heavy (non-hydrogen) atoms. The lowest BCUT2D eigenvalue weighted by atomic mass is 10.0. The highest BCUT2D eigenvalue weighted by Gasteiger charge is 2.39. The van der Waals surface area contributed by atoms with Crippen LogP contribution >= 0.6 is 0 Å². The van der Waals surface area contributed by atoms with Crippen molar-refractivity contribution < 1.29 is 14.3 Å². The minimum Gasteiger partial charge on any atom is -0.454 e. The number of rotatable bonds is 3. The molecule has 0 saturated carbocycles. The van der Waals surface area contributed by atoms with Gasteiger partial charge in [-0.15, -0.1) is 0 Å². The van der Waals surface area contributed by atoms with Crippen LogP contribution in [-0.2, 0) is 0 Å². The molecule has 124 valence electrons. The Labute approximate surface area is 137 Å². The van der Waals surface area contributed by atoms with Crippen molar-refractivity contribution in [3.63, 3.8) is 0 Å². The van der Waals surface area contributed by atoms with Crippen LogP contribution in [0.25, 0.3) is 0 Å². The van der Waals surface area contributed by atoms with Crippen molar-refractivity contribution in [1.29, 1.82) is 0 Å². The first-order valence-corrected chi connectivity index (χ1v) is 8.72. The van der Waals surface area contributed by atoms with Gasteiger partial charge >= 0.3 is 0 Å². The number of carbonyl (C=O) groups is 1. The predicted molar refractivity (Wildman–Crippen MR) is 86.9 cm³/mol. The number of benzene rings is 1. The normalized spacial score (nSPS) is 26.9. The molecule has 0 unspecified atom stereocenters. The number of ether oxygens (including phenoxy) is 2. The fourth-order valence-electron chi connectivity index (χ4n) is 4.32. The molecular weight excluding hydrogens is 292 g/mol. The summed E-state index contributed by atoms with van der Waals surface area (Å²) in [6.07, 6.45) is 4.69. The van der Waals surface area contributed by atoms with E-state index in [1.807, 2.05) is 18.2 Å². The first-order valence-electron chi connectivity index (χ1n) is 8.72. The smallest absolute Gasteiger partial charge is 0.254 e. The van der Waals surface area contributed by atoms with E-state index in [0.717, 1.165) is 31.7 Å². The maximum Gasteiger partial charge on any atom is 0.254 e. The maximum absolute atomic E-state index is 13.0. The molecule has 2 atom stereocenters. The highest BCUT2D eigenvalue weighted by molar-refractivity contribution is 5.95. The summed E-state index contributed by atoms with van der Waals surface area (Å²) >= 11 is 0. The second kappa shape index (κ2) is 6.04. The zero-order chi connectivity index (χ0) is 15.8. The lowest BCUT2D eigenvalue weighted by Gasteiger charge is -2.34. The molecular formula is C18H24N2O3. The van der Waals surface area contributed by atoms with Crippen molar-refractivity contribution >= 4 is 5.91 Å². The van der Waals surface area contributed by atoms with Gasteiger partial charge in [0.25, 0.3) is 5.91 Å². The Morgan fingerprint density at radius 2 is 1.91 bits per heavy atom. The van der Waals surface area contributed by atoms with Crippen molar-refractivity contribution in [2.24, 2.45) is 0 Å². The number of amides is 1. The van der Waals surface area contributed by atoms with Crippen LogP contribution in [0.15, 0.2) is 18.2 Å². The minimum atomic E-state index is 0.133. The zero-order valence-electron chi connectivity index (χ0n) is 13.7. The summed E-state index contributed by atoms with van der Waals surface area (Å²) in [4.78, 5) is 17.7. The van der Waals surface area contributed by atoms with E-state index in [9.17, 15) is 4.79 Å². The van der Waals surface area contributed by atoms with Crippen LogP contribution in [0.2, 0.25) is 0 Å². The molecule has 0 spiro atoms. The number of hydrogen-bond donors (Lipinski definition) is 0. The minimum absolute atomic E-state index is 0.133. The van der Waals surface area contributed by atoms with Gasteiger partial charge in [-0.1, -0.05) is 6.92 Å². The third kappa shape index (κ3) is 2.57. The first kappa shape index (κ1) is 14.8. The largest absolute Gasteiger partial charge is 0.454 e. The molecule has 3 aliphatic rings. The van der Waals surface area contributed by atoms with Gasteiger partial charge in [0.2, 0.25) is 6.79 Å². The molecule has 1 aromatic carbocycles. The monoisotopic (exact) mass is 316 g/mol. The molecule has 3 heterocycles. The highest BCUT2D eigenvalue weighted by atomic mass is 16.7. The topological polar surface area (TPSA) is 42.0 Å². The second-order valence-electron chi connectivity index (χ2n) is 6.61. The predicted octanol–water partition coefficient (Wildman–Crippen LogP) is 2.50. The Kier molecular flexibility index (Phi) is 3.89. The molecule has 5 heteroatoms. The summed E-state index contributed by atoms with van der Waals surface area (Å²) in [7, 11) is 0. The zero-order valence-corrected chi connectivity index (χ0v) is 13.7. The molecule has 5 nitrogen and oxygen atoms in total. The van der Waals surface area contributed by atoms with Gasteiger partial charge in [-0.3, -0.25) is 9.69 Å². The molecule has 2 fully saturated rings. The van der Waals surface area contributed by atoms with E-state index in [1.54, 1.807) is 0 Å². The second-order valence-corrected chi connectivity index (χ2v) is 6.61. The van der Waals surface area contributed by atoms with Crippen LogP contribution in [0.1, 0.15) is 43.0 Å². The molecule has 0 radical (unpaired) electrons. The molecule has 0 N–H and O–H groups in total. The van der Waals surface area contributed by atoms with E-state index in [-0.39, 0.29) is 12.7 Å². The third-order valence-corrected chi connectivity index (χ3v) is 5.44. The van der Waals surface area contributed by atoms with Crippen LogP contribution in [0, 0.1) is 0 Å². The van der Waals surface area contributed by atoms with E-state index < -0.39 is 0 Å². The van der Waals surface area contributed by atoms with Gasteiger partial charge in [0.05, 0.1) is 0 Å². The summed E-state index contributed by atoms with van der Waals surface area (Å²) in [6, 6.07) is 6.41. The highest BCUT2D eigenvalue weighted by Crippen LogP contribution is 2.35. The molecule has 3 aliphatic heterocycles. The van der Waals surface area contributed by atoms with E-state index >= 15 is 0 Å². The average molecular weight is 316 g/mol. The van der Waals surface area contributed by atoms with Crippen LogP contribution in [0.4, 0.5) is 0 Å². The SMILES string of the molecule is CCN1CCC[C@H]1[C@H]1CCCN1C(=O)c1ccc2c(c1)OCO2. The van der Waals surface area contributed by atoms with Crippen molar-refractivity contribution in [2.75, 3.05) is 26.4 Å². The van der Waals surface area contributed by atoms with Crippen LogP contribution in [-0.4, -0.2) is 54.2 Å². The fourth-order valence-corrected chi connectivity index (χ4v) is 4.32. The molecule has 0 aliphatic carbocycles. The van der Waals surface area contributed by atoms with Gasteiger partial charge in [-0.25, -0.2) is 0 Å².